The Morgan fingerprint density at radius 2 is 1.84 bits per heavy atom. The smallest absolute Gasteiger partial charge is 0.416 e. The number of halogens is 3. The number of nitrogens with one attached hydrogen (secondary N) is 4. The van der Waals surface area contributed by atoms with Crippen LogP contribution in [0.5, 0.6) is 0 Å². The number of hydrogen-bond donors (Lipinski definition) is 5. The van der Waals surface area contributed by atoms with Gasteiger partial charge in [-0.2, -0.15) is 13.2 Å². The Kier molecular flexibility index (Phi) is 7.46. The Bertz CT molecular complexity index is 1440. The molecule has 1 aliphatic heterocycles. The maximum Gasteiger partial charge on any atom is 0.416 e. The molecule has 1 atom stereocenters. The lowest BCUT2D eigenvalue weighted by molar-refractivity contribution is -0.137. The van der Waals surface area contributed by atoms with Crippen molar-refractivity contribution in [1.82, 2.24) is 20.2 Å². The highest BCUT2D eigenvalue weighted by molar-refractivity contribution is 6.04. The summed E-state index contributed by atoms with van der Waals surface area (Å²) >= 11 is 0. The first-order chi connectivity index (χ1) is 18.0. The Morgan fingerprint density at radius 1 is 1.11 bits per heavy atom. The Labute approximate surface area is 214 Å². The first-order valence-electron chi connectivity index (χ1n) is 11.5. The van der Waals surface area contributed by atoms with E-state index in [-0.39, 0.29) is 24.6 Å². The van der Waals surface area contributed by atoms with Crippen LogP contribution in [0.3, 0.4) is 0 Å². The van der Waals surface area contributed by atoms with Gasteiger partial charge in [-0.25, -0.2) is 9.78 Å². The second kappa shape index (κ2) is 10.7. The summed E-state index contributed by atoms with van der Waals surface area (Å²) in [5.74, 6) is -0.236. The number of fused-ring (bicyclic) bond motifs is 1. The summed E-state index contributed by atoms with van der Waals surface area (Å²) in [7, 11) is 0. The SMILES string of the molecule is N=C(NC(=O)O)c1ccc(CNC(=O)C2CCc3ncc(NCc4cccc(C(F)(F)F)c4)c(=O)n32)cc1. The second-order valence-corrected chi connectivity index (χ2v) is 8.59. The third-order valence-electron chi connectivity index (χ3n) is 6.00. The summed E-state index contributed by atoms with van der Waals surface area (Å²) in [6.45, 7) is 0.104. The molecule has 0 spiro atoms. The van der Waals surface area contributed by atoms with E-state index in [2.05, 4.69) is 15.6 Å². The van der Waals surface area contributed by atoms with Crippen LogP contribution in [0.2, 0.25) is 0 Å². The number of amides is 2. The van der Waals surface area contributed by atoms with Crippen molar-refractivity contribution in [3.8, 4) is 0 Å². The summed E-state index contributed by atoms with van der Waals surface area (Å²) in [6, 6.07) is 10.3. The van der Waals surface area contributed by atoms with Crippen LogP contribution in [0.15, 0.2) is 59.5 Å². The van der Waals surface area contributed by atoms with Crippen molar-refractivity contribution >= 4 is 23.5 Å². The van der Waals surface area contributed by atoms with E-state index in [4.69, 9.17) is 10.5 Å². The molecule has 1 aliphatic rings. The Hall–Kier alpha value is -4.68. The topological polar surface area (TPSA) is 149 Å². The van der Waals surface area contributed by atoms with E-state index in [1.54, 1.807) is 24.3 Å². The molecule has 0 saturated carbocycles. The third kappa shape index (κ3) is 5.99. The Morgan fingerprint density at radius 3 is 2.53 bits per heavy atom. The number of alkyl halides is 3. The van der Waals surface area contributed by atoms with Gasteiger partial charge >= 0.3 is 12.3 Å². The van der Waals surface area contributed by atoms with E-state index in [1.165, 1.54) is 22.9 Å². The zero-order chi connectivity index (χ0) is 27.4. The summed E-state index contributed by atoms with van der Waals surface area (Å²) in [6.07, 6.45) is -3.73. The fourth-order valence-electron chi connectivity index (χ4n) is 4.10. The van der Waals surface area contributed by atoms with Gasteiger partial charge in [-0.15, -0.1) is 0 Å². The number of carboxylic acid groups (broad SMARTS) is 1. The minimum absolute atomic E-state index is 0.0352. The summed E-state index contributed by atoms with van der Waals surface area (Å²) in [5.41, 5.74) is 0.175. The van der Waals surface area contributed by atoms with Gasteiger partial charge in [0.2, 0.25) is 5.91 Å². The molecule has 0 radical (unpaired) electrons. The zero-order valence-electron chi connectivity index (χ0n) is 19.8. The molecule has 10 nitrogen and oxygen atoms in total. The summed E-state index contributed by atoms with van der Waals surface area (Å²) in [4.78, 5) is 40.9. The van der Waals surface area contributed by atoms with Gasteiger partial charge in [0.05, 0.1) is 11.8 Å². The van der Waals surface area contributed by atoms with Crippen molar-refractivity contribution in [2.24, 2.45) is 0 Å². The molecule has 0 fully saturated rings. The molecule has 0 aliphatic carbocycles. The summed E-state index contributed by atoms with van der Waals surface area (Å²) < 4.78 is 40.2. The number of anilines is 1. The third-order valence-corrected chi connectivity index (χ3v) is 6.00. The first kappa shape index (κ1) is 26.4. The molecule has 0 saturated heterocycles. The molecule has 38 heavy (non-hydrogen) atoms. The van der Waals surface area contributed by atoms with Crippen molar-refractivity contribution < 1.29 is 27.9 Å². The lowest BCUT2D eigenvalue weighted by Gasteiger charge is -2.16. The van der Waals surface area contributed by atoms with Crippen molar-refractivity contribution in [3.63, 3.8) is 0 Å². The van der Waals surface area contributed by atoms with E-state index in [0.29, 0.717) is 35.4 Å². The quantitative estimate of drug-likeness (QED) is 0.235. The molecule has 2 aromatic carbocycles. The number of amidine groups is 1. The highest BCUT2D eigenvalue weighted by Gasteiger charge is 2.32. The maximum atomic E-state index is 13.1. The van der Waals surface area contributed by atoms with Crippen LogP contribution in [-0.2, 0) is 30.5 Å². The number of rotatable bonds is 7. The van der Waals surface area contributed by atoms with Crippen LogP contribution in [-0.4, -0.2) is 32.5 Å². The average Bonchev–Trinajstić information content (AvgIpc) is 3.32. The van der Waals surface area contributed by atoms with Gasteiger partial charge in [0.15, 0.2) is 0 Å². The number of hydrogen-bond acceptors (Lipinski definition) is 6. The van der Waals surface area contributed by atoms with Gasteiger partial charge in [-0.05, 0) is 29.7 Å². The molecule has 0 bridgehead atoms. The lowest BCUT2D eigenvalue weighted by Crippen LogP contribution is -2.36. The van der Waals surface area contributed by atoms with Gasteiger partial charge in [-0.1, -0.05) is 36.4 Å². The molecule has 198 valence electrons. The van der Waals surface area contributed by atoms with Crippen LogP contribution in [0, 0.1) is 5.41 Å². The van der Waals surface area contributed by atoms with Gasteiger partial charge < -0.3 is 15.7 Å². The monoisotopic (exact) mass is 528 g/mol. The largest absolute Gasteiger partial charge is 0.465 e. The van der Waals surface area contributed by atoms with Gasteiger partial charge in [0, 0.05) is 25.1 Å². The van der Waals surface area contributed by atoms with Crippen LogP contribution in [0.1, 0.15) is 40.5 Å². The molecule has 1 aromatic heterocycles. The molecule has 2 amide bonds. The molecule has 1 unspecified atom stereocenters. The molecule has 2 heterocycles. The number of benzene rings is 2. The maximum absolute atomic E-state index is 13.1. The highest BCUT2D eigenvalue weighted by atomic mass is 19.4. The molecular weight excluding hydrogens is 505 g/mol. The van der Waals surface area contributed by atoms with Crippen LogP contribution in [0.4, 0.5) is 23.7 Å². The fourth-order valence-corrected chi connectivity index (χ4v) is 4.10. The first-order valence-corrected chi connectivity index (χ1v) is 11.5. The predicted octanol–water partition coefficient (Wildman–Crippen LogP) is 3.27. The van der Waals surface area contributed by atoms with E-state index in [0.717, 1.165) is 12.1 Å². The van der Waals surface area contributed by atoms with Gasteiger partial charge in [-0.3, -0.25) is 24.9 Å². The van der Waals surface area contributed by atoms with Crippen molar-refractivity contribution in [1.29, 1.82) is 5.41 Å². The molecular formula is C25H23F3N6O4. The molecule has 3 aromatic rings. The zero-order valence-corrected chi connectivity index (χ0v) is 19.8. The van der Waals surface area contributed by atoms with E-state index < -0.39 is 35.3 Å². The Balaban J connectivity index is 1.41. The normalized spacial score (nSPS) is 14.4. The second-order valence-electron chi connectivity index (χ2n) is 8.59. The predicted molar refractivity (Wildman–Crippen MR) is 131 cm³/mol. The number of carbonyl (C=O) groups excluding carboxylic acids is 1. The van der Waals surface area contributed by atoms with Crippen LogP contribution in [0.25, 0.3) is 0 Å². The highest BCUT2D eigenvalue weighted by Crippen LogP contribution is 2.29. The van der Waals surface area contributed by atoms with Crippen molar-refractivity contribution in [2.75, 3.05) is 5.32 Å². The van der Waals surface area contributed by atoms with Crippen LogP contribution < -0.4 is 21.5 Å². The standard InChI is InChI=1S/C25H23F3N6O4/c26-25(27,28)17-3-1-2-15(10-17)12-30-18-13-31-20-9-8-19(34(20)23(18)36)22(35)32-11-14-4-6-16(7-5-14)21(29)33-24(37)38/h1-7,10,13,19,30H,8-9,11-12H2,(H2,29,33)(H,32,35)(H,37,38). The van der Waals surface area contributed by atoms with Crippen molar-refractivity contribution in [3.05, 3.63) is 93.2 Å². The van der Waals surface area contributed by atoms with E-state index in [9.17, 15) is 27.6 Å². The van der Waals surface area contributed by atoms with Crippen LogP contribution >= 0.6 is 0 Å². The van der Waals surface area contributed by atoms with Gasteiger partial charge in [0.1, 0.15) is 23.4 Å². The summed E-state index contributed by atoms with van der Waals surface area (Å²) in [5, 5.41) is 23.9. The van der Waals surface area contributed by atoms with Gasteiger partial charge in [0.25, 0.3) is 5.56 Å². The number of aromatic nitrogens is 2. The molecule has 13 heteroatoms. The van der Waals surface area contributed by atoms with Crippen molar-refractivity contribution in [2.45, 2.75) is 38.1 Å². The average molecular weight is 528 g/mol. The van der Waals surface area contributed by atoms with E-state index >= 15 is 0 Å². The van der Waals surface area contributed by atoms with E-state index in [1.807, 2.05) is 5.32 Å². The fraction of sp³-hybridized carbons (Fsp3) is 0.240. The minimum Gasteiger partial charge on any atom is -0.465 e. The lowest BCUT2D eigenvalue weighted by atomic mass is 10.1. The molecule has 5 N–H and O–H groups in total. The number of carbonyl (C=O) groups is 2. The molecule has 4 rings (SSSR count). The number of aryl methyl sites for hydroxylation is 1. The minimum atomic E-state index is -4.48. The number of nitrogens with zero attached hydrogens (tertiary/aromatic N) is 2.